The van der Waals surface area contributed by atoms with Crippen LogP contribution in [0.4, 0.5) is 9.59 Å². The third-order valence-corrected chi connectivity index (χ3v) is 7.57. The van der Waals surface area contributed by atoms with Gasteiger partial charge in [-0.05, 0) is 33.1 Å². The maximum Gasteiger partial charge on any atom is 0.519 e. The van der Waals surface area contributed by atoms with Gasteiger partial charge in [-0.15, -0.1) is 0 Å². The van der Waals surface area contributed by atoms with Gasteiger partial charge in [-0.3, -0.25) is 0 Å². The number of hydrogen-bond acceptors (Lipinski definition) is 9. The fourth-order valence-electron chi connectivity index (χ4n) is 2.38. The van der Waals surface area contributed by atoms with Gasteiger partial charge < -0.3 is 28.1 Å². The molecule has 2 amide bonds. The van der Waals surface area contributed by atoms with E-state index in [9.17, 15) is 14.4 Å². The molecule has 0 spiro atoms. The topological polar surface area (TPSA) is 102 Å². The lowest BCUT2D eigenvalue weighted by Crippen LogP contribution is -2.27. The Balaban J connectivity index is 0.000000657. The van der Waals surface area contributed by atoms with Gasteiger partial charge in [-0.1, -0.05) is 54.7 Å². The summed E-state index contributed by atoms with van der Waals surface area (Å²) in [7, 11) is 7.09. The van der Waals surface area contributed by atoms with Crippen molar-refractivity contribution in [2.24, 2.45) is 5.92 Å². The van der Waals surface area contributed by atoms with Gasteiger partial charge in [0.1, 0.15) is 6.61 Å². The number of aryl methyl sites for hydroxylation is 1. The number of ether oxygens (including phenoxy) is 2. The van der Waals surface area contributed by atoms with Crippen molar-refractivity contribution >= 4 is 33.8 Å². The minimum absolute atomic E-state index is 0.0965. The Morgan fingerprint density at radius 2 is 1.59 bits per heavy atom. The third-order valence-electron chi connectivity index (χ3n) is 5.06. The minimum Gasteiger partial charge on any atom is -0.449 e. The lowest BCUT2D eigenvalue weighted by atomic mass is 10.0. The number of hydrogen-bond donors (Lipinski definition) is 0. The molecule has 9 nitrogen and oxygen atoms in total. The molecule has 1 aromatic heterocycles. The molecule has 1 heterocycles. The van der Waals surface area contributed by atoms with Gasteiger partial charge in [0.15, 0.2) is 18.1 Å². The number of nitrogens with zero attached hydrogens (tertiary/aromatic N) is 2. The number of unbranched alkanes of at least 4 members (excludes halogenated alkanes) is 1. The van der Waals surface area contributed by atoms with E-state index in [0.29, 0.717) is 25.5 Å². The number of amides is 2. The van der Waals surface area contributed by atoms with Gasteiger partial charge in [0, 0.05) is 38.7 Å². The van der Waals surface area contributed by atoms with Crippen molar-refractivity contribution in [1.82, 2.24) is 9.80 Å². The quantitative estimate of drug-likeness (QED) is 0.221. The molecular weight excluding hydrogens is 480 g/mol. The summed E-state index contributed by atoms with van der Waals surface area (Å²) in [6.07, 6.45) is 4.55. The molecule has 0 fully saturated rings. The molecule has 34 heavy (non-hydrogen) atoms. The van der Waals surface area contributed by atoms with Crippen LogP contribution >= 0.6 is 21.6 Å². The highest BCUT2D eigenvalue weighted by Gasteiger charge is 2.13. The average molecular weight is 523 g/mol. The summed E-state index contributed by atoms with van der Waals surface area (Å²) in [6, 6.07) is 0. The molecule has 0 aliphatic rings. The molecule has 0 bridgehead atoms. The highest BCUT2D eigenvalue weighted by Crippen LogP contribution is 2.27. The third kappa shape index (κ3) is 14.5. The normalized spacial score (nSPS) is 11.3. The second-order valence-corrected chi connectivity index (χ2v) is 10.3. The van der Waals surface area contributed by atoms with Crippen LogP contribution in [-0.2, 0) is 16.1 Å². The fourth-order valence-corrected chi connectivity index (χ4v) is 4.76. The molecule has 1 aromatic rings. The number of carbonyl (C=O) groups is 2. The van der Waals surface area contributed by atoms with Crippen molar-refractivity contribution in [1.29, 1.82) is 0 Å². The van der Waals surface area contributed by atoms with Gasteiger partial charge in [-0.25, -0.2) is 14.4 Å². The minimum atomic E-state index is -0.789. The van der Waals surface area contributed by atoms with Gasteiger partial charge in [-0.2, -0.15) is 0 Å². The zero-order valence-electron chi connectivity index (χ0n) is 21.7. The van der Waals surface area contributed by atoms with Crippen LogP contribution in [-0.4, -0.2) is 67.3 Å². The van der Waals surface area contributed by atoms with Crippen LogP contribution in [0.3, 0.4) is 0 Å². The first-order valence-corrected chi connectivity index (χ1v) is 14.3. The highest BCUT2D eigenvalue weighted by molar-refractivity contribution is 8.76. The molecule has 0 aromatic carbocycles. The van der Waals surface area contributed by atoms with E-state index in [4.69, 9.17) is 9.47 Å². The average Bonchev–Trinajstić information content (AvgIpc) is 3.17. The van der Waals surface area contributed by atoms with Crippen LogP contribution in [0, 0.1) is 12.8 Å². The van der Waals surface area contributed by atoms with E-state index in [1.165, 1.54) is 36.3 Å². The maximum atomic E-state index is 11.4. The van der Waals surface area contributed by atoms with Crippen LogP contribution in [0.2, 0.25) is 0 Å². The lowest BCUT2D eigenvalue weighted by Gasteiger charge is -2.15. The fraction of sp³-hybridized carbons (Fsp3) is 0.783. The van der Waals surface area contributed by atoms with Gasteiger partial charge in [0.2, 0.25) is 0 Å². The number of rotatable bonds is 14. The van der Waals surface area contributed by atoms with Gasteiger partial charge in [0.05, 0.1) is 0 Å². The van der Waals surface area contributed by atoms with E-state index in [0.717, 1.165) is 11.7 Å². The van der Waals surface area contributed by atoms with Crippen molar-refractivity contribution in [3.63, 3.8) is 0 Å². The summed E-state index contributed by atoms with van der Waals surface area (Å²) in [5, 5.41) is 0. The second kappa shape index (κ2) is 19.5. The van der Waals surface area contributed by atoms with Crippen molar-refractivity contribution in [3.8, 4) is 0 Å². The molecular formula is C23H42N2O7S2. The van der Waals surface area contributed by atoms with E-state index in [1.54, 1.807) is 25.9 Å². The van der Waals surface area contributed by atoms with Crippen molar-refractivity contribution in [2.75, 3.05) is 45.3 Å². The van der Waals surface area contributed by atoms with Crippen molar-refractivity contribution in [3.05, 3.63) is 22.1 Å². The Labute approximate surface area is 211 Å². The molecule has 0 aliphatic carbocycles. The zero-order valence-corrected chi connectivity index (χ0v) is 23.4. The summed E-state index contributed by atoms with van der Waals surface area (Å²) in [5.74, 6) is 2.70. The first kappa shape index (κ1) is 32.2. The van der Waals surface area contributed by atoms with E-state index in [-0.39, 0.29) is 18.5 Å². The van der Waals surface area contributed by atoms with Crippen LogP contribution < -0.4 is 5.82 Å². The molecule has 0 saturated carbocycles. The lowest BCUT2D eigenvalue weighted by molar-refractivity contribution is 0.0987. The van der Waals surface area contributed by atoms with E-state index < -0.39 is 11.9 Å². The molecule has 0 N–H and O–H groups in total. The standard InChI is InChI=1S/C14H29NO2S2.C9H13NO5/c1-5-8-9-13(6-2)12-19-18-11-10-17-14(16)15(4)7-3;1-4-10(3)8(11)13-5-7-6(2)14-9(12)15-7/h13H,5-12H2,1-4H3;4-5H2,1-3H3. The molecule has 11 heteroatoms. The summed E-state index contributed by atoms with van der Waals surface area (Å²) in [6.45, 7) is 11.5. The van der Waals surface area contributed by atoms with E-state index >= 15 is 0 Å². The Bertz CT molecular complexity index is 739. The summed E-state index contributed by atoms with van der Waals surface area (Å²) in [4.78, 5) is 36.2. The molecule has 0 aliphatic heterocycles. The molecule has 1 rings (SSSR count). The largest absolute Gasteiger partial charge is 0.519 e. The smallest absolute Gasteiger partial charge is 0.449 e. The van der Waals surface area contributed by atoms with E-state index in [1.807, 2.05) is 35.4 Å². The predicted molar refractivity (Wildman–Crippen MR) is 138 cm³/mol. The van der Waals surface area contributed by atoms with E-state index in [2.05, 4.69) is 22.7 Å². The summed E-state index contributed by atoms with van der Waals surface area (Å²) in [5.41, 5.74) is 0. The molecule has 1 unspecified atom stereocenters. The monoisotopic (exact) mass is 522 g/mol. The molecule has 198 valence electrons. The van der Waals surface area contributed by atoms with Gasteiger partial charge in [0.25, 0.3) is 0 Å². The summed E-state index contributed by atoms with van der Waals surface area (Å²) >= 11 is 0. The first-order chi connectivity index (χ1) is 16.2. The van der Waals surface area contributed by atoms with Crippen molar-refractivity contribution < 1.29 is 27.9 Å². The van der Waals surface area contributed by atoms with Crippen LogP contribution in [0.5, 0.6) is 0 Å². The highest BCUT2D eigenvalue weighted by atomic mass is 33.1. The van der Waals surface area contributed by atoms with Gasteiger partial charge >= 0.3 is 18.0 Å². The Hall–Kier alpha value is -1.75. The van der Waals surface area contributed by atoms with Crippen molar-refractivity contribution in [2.45, 2.75) is 66.9 Å². The molecule has 0 saturated heterocycles. The SMILES string of the molecule is CCCCC(CC)CSSCCOC(=O)N(C)CC.CCN(C)C(=O)OCc1oc(=O)oc1C. The first-order valence-electron chi connectivity index (χ1n) is 11.8. The number of carbonyl (C=O) groups excluding carboxylic acids is 2. The predicted octanol–water partition coefficient (Wildman–Crippen LogP) is 5.80. The Kier molecular flexibility index (Phi) is 18.5. The summed E-state index contributed by atoms with van der Waals surface area (Å²) < 4.78 is 19.3. The molecule has 1 atom stereocenters. The zero-order chi connectivity index (χ0) is 25.9. The molecule has 0 radical (unpaired) electrons. The van der Waals surface area contributed by atoms with Crippen LogP contribution in [0.15, 0.2) is 13.6 Å². The van der Waals surface area contributed by atoms with Crippen LogP contribution in [0.1, 0.15) is 64.9 Å². The Morgan fingerprint density at radius 1 is 0.971 bits per heavy atom. The van der Waals surface area contributed by atoms with Crippen LogP contribution in [0.25, 0.3) is 0 Å². The maximum absolute atomic E-state index is 11.4. The second-order valence-electron chi connectivity index (χ2n) is 7.65. The Morgan fingerprint density at radius 3 is 2.09 bits per heavy atom.